The van der Waals surface area contributed by atoms with E-state index in [1.807, 2.05) is 39.0 Å². The zero-order valence-electron chi connectivity index (χ0n) is 14.9. The molecule has 1 N–H and O–H groups in total. The maximum absolute atomic E-state index is 12.4. The summed E-state index contributed by atoms with van der Waals surface area (Å²) in [4.78, 5) is 23.3. The molecule has 0 aliphatic heterocycles. The van der Waals surface area contributed by atoms with Crippen LogP contribution in [-0.4, -0.2) is 28.5 Å². The number of amides is 1. The second-order valence-electron chi connectivity index (χ2n) is 5.94. The van der Waals surface area contributed by atoms with Crippen LogP contribution in [0.4, 0.5) is 5.82 Å². The van der Waals surface area contributed by atoms with Gasteiger partial charge in [0.15, 0.2) is 0 Å². The molecule has 1 amide bonds. The van der Waals surface area contributed by atoms with Gasteiger partial charge in [-0.1, -0.05) is 37.3 Å². The van der Waals surface area contributed by atoms with Crippen molar-refractivity contribution in [2.24, 2.45) is 0 Å². The van der Waals surface area contributed by atoms with Gasteiger partial charge in [-0.15, -0.1) is 0 Å². The van der Waals surface area contributed by atoms with Crippen LogP contribution in [0.25, 0.3) is 0 Å². The molecule has 1 aromatic carbocycles. The number of rotatable bonds is 7. The highest BCUT2D eigenvalue weighted by Crippen LogP contribution is 2.16. The molecule has 0 aliphatic rings. The lowest BCUT2D eigenvalue weighted by Gasteiger charge is -2.23. The Labute approximate surface area is 144 Å². The van der Waals surface area contributed by atoms with E-state index in [9.17, 15) is 4.79 Å². The van der Waals surface area contributed by atoms with Gasteiger partial charge in [0.25, 0.3) is 5.91 Å². The molecule has 5 nitrogen and oxygen atoms in total. The summed E-state index contributed by atoms with van der Waals surface area (Å²) in [6, 6.07) is 12.1. The van der Waals surface area contributed by atoms with E-state index in [4.69, 9.17) is 0 Å². The summed E-state index contributed by atoms with van der Waals surface area (Å²) in [7, 11) is 0. The second-order valence-corrected chi connectivity index (χ2v) is 5.94. The van der Waals surface area contributed by atoms with E-state index in [1.54, 1.807) is 6.07 Å². The molecular weight excluding hydrogens is 300 g/mol. The first-order valence-electron chi connectivity index (χ1n) is 8.48. The Kier molecular flexibility index (Phi) is 6.29. The summed E-state index contributed by atoms with van der Waals surface area (Å²) in [6.07, 6.45) is 0.887. The third-order valence-electron chi connectivity index (χ3n) is 3.97. The molecule has 0 fully saturated rings. The van der Waals surface area contributed by atoms with E-state index >= 15 is 0 Å². The van der Waals surface area contributed by atoms with E-state index in [1.165, 1.54) is 5.56 Å². The van der Waals surface area contributed by atoms with Crippen LogP contribution in [0.3, 0.4) is 0 Å². The van der Waals surface area contributed by atoms with Crippen LogP contribution in [-0.2, 0) is 6.54 Å². The van der Waals surface area contributed by atoms with Crippen molar-refractivity contribution in [2.75, 3.05) is 11.4 Å². The van der Waals surface area contributed by atoms with Crippen molar-refractivity contribution in [3.8, 4) is 0 Å². The average molecular weight is 326 g/mol. The number of nitrogens with zero attached hydrogens (tertiary/aromatic N) is 3. The maximum Gasteiger partial charge on any atom is 0.270 e. The van der Waals surface area contributed by atoms with Gasteiger partial charge in [0.05, 0.1) is 0 Å². The highest BCUT2D eigenvalue weighted by molar-refractivity contribution is 5.93. The van der Waals surface area contributed by atoms with Crippen molar-refractivity contribution in [1.82, 2.24) is 15.3 Å². The Morgan fingerprint density at radius 1 is 1.21 bits per heavy atom. The fourth-order valence-corrected chi connectivity index (χ4v) is 2.39. The number of anilines is 1. The molecule has 0 radical (unpaired) electrons. The minimum Gasteiger partial charge on any atom is -0.352 e. The SMILES string of the molecule is CCC(C)NC(=O)c1cc(N(CC)Cc2ccccc2)nc(C)n1. The fraction of sp³-hybridized carbons (Fsp3) is 0.421. The number of benzene rings is 1. The van der Waals surface area contributed by atoms with Crippen molar-refractivity contribution in [2.45, 2.75) is 46.7 Å². The molecule has 0 spiro atoms. The van der Waals surface area contributed by atoms with Gasteiger partial charge < -0.3 is 10.2 Å². The first kappa shape index (κ1) is 17.9. The molecular formula is C19H26N4O. The number of carbonyl (C=O) groups excluding carboxylic acids is 1. The van der Waals surface area contributed by atoms with Crippen molar-refractivity contribution < 1.29 is 4.79 Å². The molecule has 2 rings (SSSR count). The van der Waals surface area contributed by atoms with E-state index in [0.717, 1.165) is 25.3 Å². The number of nitrogens with one attached hydrogen (secondary N) is 1. The standard InChI is InChI=1S/C19H26N4O/c1-5-14(3)20-19(24)17-12-18(22-15(4)21-17)23(6-2)13-16-10-8-7-9-11-16/h7-12,14H,5-6,13H2,1-4H3,(H,20,24). The fourth-order valence-electron chi connectivity index (χ4n) is 2.39. The molecule has 24 heavy (non-hydrogen) atoms. The Balaban J connectivity index is 2.23. The Hall–Kier alpha value is -2.43. The van der Waals surface area contributed by atoms with E-state index in [-0.39, 0.29) is 11.9 Å². The molecule has 2 aromatic rings. The molecule has 0 bridgehead atoms. The van der Waals surface area contributed by atoms with Crippen LogP contribution < -0.4 is 10.2 Å². The van der Waals surface area contributed by atoms with Crippen LogP contribution in [0.1, 0.15) is 49.1 Å². The van der Waals surface area contributed by atoms with Crippen LogP contribution in [0.5, 0.6) is 0 Å². The van der Waals surface area contributed by atoms with E-state index in [2.05, 4.69) is 39.2 Å². The van der Waals surface area contributed by atoms with Crippen molar-refractivity contribution in [3.05, 3.63) is 53.5 Å². The topological polar surface area (TPSA) is 58.1 Å². The lowest BCUT2D eigenvalue weighted by atomic mass is 10.2. The van der Waals surface area contributed by atoms with Gasteiger partial charge in [-0.3, -0.25) is 4.79 Å². The van der Waals surface area contributed by atoms with Crippen LogP contribution in [0.2, 0.25) is 0 Å². The predicted octanol–water partition coefficient (Wildman–Crippen LogP) is 3.34. The monoisotopic (exact) mass is 326 g/mol. The minimum absolute atomic E-state index is 0.128. The molecule has 5 heteroatoms. The van der Waals surface area contributed by atoms with Gasteiger partial charge in [-0.05, 0) is 32.8 Å². The summed E-state index contributed by atoms with van der Waals surface area (Å²) in [5.74, 6) is 1.24. The summed E-state index contributed by atoms with van der Waals surface area (Å²) < 4.78 is 0. The van der Waals surface area contributed by atoms with Gasteiger partial charge >= 0.3 is 0 Å². The van der Waals surface area contributed by atoms with Crippen molar-refractivity contribution in [3.63, 3.8) is 0 Å². The quantitative estimate of drug-likeness (QED) is 0.848. The number of aromatic nitrogens is 2. The maximum atomic E-state index is 12.4. The van der Waals surface area contributed by atoms with Crippen LogP contribution in [0, 0.1) is 6.92 Å². The summed E-state index contributed by atoms with van der Waals surface area (Å²) in [5.41, 5.74) is 1.63. The zero-order valence-corrected chi connectivity index (χ0v) is 14.9. The van der Waals surface area contributed by atoms with Crippen LogP contribution in [0.15, 0.2) is 36.4 Å². The molecule has 0 saturated heterocycles. The molecule has 128 valence electrons. The molecule has 1 aromatic heterocycles. The smallest absolute Gasteiger partial charge is 0.270 e. The van der Waals surface area contributed by atoms with E-state index < -0.39 is 0 Å². The zero-order chi connectivity index (χ0) is 17.5. The van der Waals surface area contributed by atoms with Crippen LogP contribution >= 0.6 is 0 Å². The second kappa shape index (κ2) is 8.43. The lowest BCUT2D eigenvalue weighted by Crippen LogP contribution is -2.33. The largest absolute Gasteiger partial charge is 0.352 e. The summed E-state index contributed by atoms with van der Waals surface area (Å²) >= 11 is 0. The summed E-state index contributed by atoms with van der Waals surface area (Å²) in [5, 5.41) is 2.96. The highest BCUT2D eigenvalue weighted by Gasteiger charge is 2.15. The first-order valence-corrected chi connectivity index (χ1v) is 8.48. The van der Waals surface area contributed by atoms with Crippen molar-refractivity contribution in [1.29, 1.82) is 0 Å². The normalized spacial score (nSPS) is 11.8. The average Bonchev–Trinajstić information content (AvgIpc) is 2.59. The van der Waals surface area contributed by atoms with Gasteiger partial charge in [0.2, 0.25) is 0 Å². The van der Waals surface area contributed by atoms with Crippen molar-refractivity contribution >= 4 is 11.7 Å². The molecule has 1 atom stereocenters. The lowest BCUT2D eigenvalue weighted by molar-refractivity contribution is 0.0934. The molecule has 1 heterocycles. The van der Waals surface area contributed by atoms with E-state index in [0.29, 0.717) is 11.5 Å². The van der Waals surface area contributed by atoms with Gasteiger partial charge in [0, 0.05) is 25.2 Å². The Morgan fingerprint density at radius 3 is 2.54 bits per heavy atom. The summed E-state index contributed by atoms with van der Waals surface area (Å²) in [6.45, 7) is 9.48. The highest BCUT2D eigenvalue weighted by atomic mass is 16.1. The van der Waals surface area contributed by atoms with Gasteiger partial charge in [-0.25, -0.2) is 9.97 Å². The first-order chi connectivity index (χ1) is 11.5. The van der Waals surface area contributed by atoms with Gasteiger partial charge in [0.1, 0.15) is 17.3 Å². The van der Waals surface area contributed by atoms with Gasteiger partial charge in [-0.2, -0.15) is 0 Å². The minimum atomic E-state index is -0.146. The number of aryl methyl sites for hydroxylation is 1. The third kappa shape index (κ3) is 4.78. The third-order valence-corrected chi connectivity index (χ3v) is 3.97. The Morgan fingerprint density at radius 2 is 1.92 bits per heavy atom. The predicted molar refractivity (Wildman–Crippen MR) is 97.2 cm³/mol. The molecule has 1 unspecified atom stereocenters. The molecule has 0 aliphatic carbocycles. The Bertz CT molecular complexity index is 672. The number of hydrogen-bond acceptors (Lipinski definition) is 4. The number of carbonyl (C=O) groups is 1. The number of hydrogen-bond donors (Lipinski definition) is 1. The molecule has 0 saturated carbocycles.